The Labute approximate surface area is 182 Å². The van der Waals surface area contributed by atoms with Gasteiger partial charge in [0.15, 0.2) is 0 Å². The van der Waals surface area contributed by atoms with E-state index in [-0.39, 0.29) is 12.3 Å². The third-order valence-corrected chi connectivity index (χ3v) is 5.70. The van der Waals surface area contributed by atoms with Gasteiger partial charge in [-0.2, -0.15) is 0 Å². The molecule has 0 saturated carbocycles. The van der Waals surface area contributed by atoms with Crippen molar-refractivity contribution in [2.75, 3.05) is 13.2 Å². The first-order chi connectivity index (χ1) is 14.9. The highest BCUT2D eigenvalue weighted by atomic mass is 16.5. The molecular weight excluding hydrogens is 392 g/mol. The topological polar surface area (TPSA) is 82.1 Å². The van der Waals surface area contributed by atoms with Gasteiger partial charge in [0, 0.05) is 43.0 Å². The van der Waals surface area contributed by atoms with E-state index in [4.69, 9.17) is 15.2 Å². The number of pyridine rings is 1. The zero-order chi connectivity index (χ0) is 22.0. The summed E-state index contributed by atoms with van der Waals surface area (Å²) in [6.07, 6.45) is 4.74. The highest BCUT2D eigenvalue weighted by Gasteiger charge is 2.32. The Morgan fingerprint density at radius 1 is 1.23 bits per heavy atom. The Morgan fingerprint density at radius 3 is 2.71 bits per heavy atom. The number of carbonyl (C=O) groups excluding carboxylic acids is 1. The van der Waals surface area contributed by atoms with E-state index >= 15 is 0 Å². The second kappa shape index (κ2) is 8.98. The molecule has 3 heterocycles. The lowest BCUT2D eigenvalue weighted by Gasteiger charge is -2.38. The molecule has 2 unspecified atom stereocenters. The molecule has 3 aromatic rings. The zero-order valence-corrected chi connectivity index (χ0v) is 18.3. The molecular formula is C24H30N4O3. The number of aryl methyl sites for hydroxylation is 1. The van der Waals surface area contributed by atoms with E-state index in [2.05, 4.69) is 48.4 Å². The fourth-order valence-corrected chi connectivity index (χ4v) is 4.06. The quantitative estimate of drug-likeness (QED) is 0.644. The fourth-order valence-electron chi connectivity index (χ4n) is 4.06. The van der Waals surface area contributed by atoms with Crippen LogP contribution in [0.5, 0.6) is 5.75 Å². The van der Waals surface area contributed by atoms with Crippen molar-refractivity contribution in [1.82, 2.24) is 14.3 Å². The van der Waals surface area contributed by atoms with Crippen molar-refractivity contribution in [3.05, 3.63) is 54.5 Å². The van der Waals surface area contributed by atoms with E-state index in [1.54, 1.807) is 4.90 Å². The van der Waals surface area contributed by atoms with Crippen LogP contribution in [0.4, 0.5) is 4.79 Å². The van der Waals surface area contributed by atoms with E-state index < -0.39 is 6.03 Å². The zero-order valence-electron chi connectivity index (χ0n) is 18.3. The molecule has 1 aliphatic heterocycles. The van der Waals surface area contributed by atoms with Gasteiger partial charge in [-0.05, 0) is 42.7 Å². The summed E-state index contributed by atoms with van der Waals surface area (Å²) in [5.41, 5.74) is 9.91. The van der Waals surface area contributed by atoms with E-state index in [0.717, 1.165) is 34.6 Å². The molecule has 164 valence electrons. The van der Waals surface area contributed by atoms with E-state index in [9.17, 15) is 4.79 Å². The second-order valence-corrected chi connectivity index (χ2v) is 8.49. The molecule has 1 fully saturated rings. The number of carbonyl (C=O) groups is 1. The molecule has 7 heteroatoms. The average molecular weight is 423 g/mol. The van der Waals surface area contributed by atoms with Crippen molar-refractivity contribution >= 4 is 11.7 Å². The maximum absolute atomic E-state index is 11.8. The maximum atomic E-state index is 11.8. The number of fused-ring (bicyclic) bond motifs is 1. The maximum Gasteiger partial charge on any atom is 0.316 e. The number of urea groups is 1. The Hall–Kier alpha value is -3.06. The number of hydrogen-bond acceptors (Lipinski definition) is 4. The molecule has 2 aromatic heterocycles. The lowest BCUT2D eigenvalue weighted by atomic mass is 10.0. The van der Waals surface area contributed by atoms with Gasteiger partial charge in [-0.1, -0.05) is 26.0 Å². The van der Waals surface area contributed by atoms with Crippen molar-refractivity contribution in [3.8, 4) is 16.9 Å². The SMILES string of the molecule is Cc1c(-c2ccc(OC3CCN(C(N)=O)C(OCC(C)C)C3)cc2)ccc2nccn12. The summed E-state index contributed by atoms with van der Waals surface area (Å²) in [5, 5.41) is 0. The van der Waals surface area contributed by atoms with Gasteiger partial charge >= 0.3 is 6.03 Å². The Balaban J connectivity index is 1.44. The summed E-state index contributed by atoms with van der Waals surface area (Å²) in [7, 11) is 0. The third-order valence-electron chi connectivity index (χ3n) is 5.70. The summed E-state index contributed by atoms with van der Waals surface area (Å²) < 4.78 is 14.3. The minimum absolute atomic E-state index is 0.0253. The number of primary amides is 1. The molecule has 1 aliphatic rings. The van der Waals surface area contributed by atoms with Crippen LogP contribution in [0.1, 0.15) is 32.4 Å². The Morgan fingerprint density at radius 2 is 2.00 bits per heavy atom. The summed E-state index contributed by atoms with van der Waals surface area (Å²) >= 11 is 0. The van der Waals surface area contributed by atoms with Crippen LogP contribution in [0.15, 0.2) is 48.8 Å². The van der Waals surface area contributed by atoms with Gasteiger partial charge in [-0.25, -0.2) is 9.78 Å². The summed E-state index contributed by atoms with van der Waals surface area (Å²) in [5.74, 6) is 1.19. The van der Waals surface area contributed by atoms with Crippen LogP contribution in [0.3, 0.4) is 0 Å². The van der Waals surface area contributed by atoms with E-state index in [1.165, 1.54) is 0 Å². The number of likely N-dealkylation sites (tertiary alicyclic amines) is 1. The molecule has 0 bridgehead atoms. The molecule has 2 amide bonds. The average Bonchev–Trinajstić information content (AvgIpc) is 3.23. The normalized spacial score (nSPS) is 19.2. The monoisotopic (exact) mass is 422 g/mol. The van der Waals surface area contributed by atoms with Crippen molar-refractivity contribution in [3.63, 3.8) is 0 Å². The minimum Gasteiger partial charge on any atom is -0.490 e. The van der Waals surface area contributed by atoms with Gasteiger partial charge in [0.2, 0.25) is 0 Å². The molecule has 4 rings (SSSR count). The van der Waals surface area contributed by atoms with Crippen molar-refractivity contribution in [2.45, 2.75) is 45.9 Å². The van der Waals surface area contributed by atoms with Crippen molar-refractivity contribution < 1.29 is 14.3 Å². The number of piperidine rings is 1. The third kappa shape index (κ3) is 4.66. The first-order valence-electron chi connectivity index (χ1n) is 10.8. The van der Waals surface area contributed by atoms with Crippen LogP contribution in [0, 0.1) is 12.8 Å². The number of nitrogens with zero attached hydrogens (tertiary/aromatic N) is 3. The predicted molar refractivity (Wildman–Crippen MR) is 120 cm³/mol. The van der Waals surface area contributed by atoms with Crippen LogP contribution < -0.4 is 10.5 Å². The van der Waals surface area contributed by atoms with Gasteiger partial charge < -0.3 is 19.6 Å². The van der Waals surface area contributed by atoms with Crippen molar-refractivity contribution in [2.24, 2.45) is 11.7 Å². The molecule has 0 radical (unpaired) electrons. The van der Waals surface area contributed by atoms with Gasteiger partial charge in [-0.3, -0.25) is 4.90 Å². The van der Waals surface area contributed by atoms with Crippen LogP contribution in [0.25, 0.3) is 16.8 Å². The smallest absolute Gasteiger partial charge is 0.316 e. The molecule has 31 heavy (non-hydrogen) atoms. The molecule has 2 N–H and O–H groups in total. The van der Waals surface area contributed by atoms with Crippen LogP contribution in [-0.4, -0.2) is 45.8 Å². The number of imidazole rings is 1. The number of nitrogens with two attached hydrogens (primary N) is 1. The molecule has 1 saturated heterocycles. The number of benzene rings is 1. The fraction of sp³-hybridized carbons (Fsp3) is 0.417. The lowest BCUT2D eigenvalue weighted by Crippen LogP contribution is -2.52. The summed E-state index contributed by atoms with van der Waals surface area (Å²) in [6, 6.07) is 11.8. The lowest BCUT2D eigenvalue weighted by molar-refractivity contribution is -0.0888. The predicted octanol–water partition coefficient (Wildman–Crippen LogP) is 4.23. The Bertz CT molecular complexity index is 1040. The number of amides is 2. The largest absolute Gasteiger partial charge is 0.490 e. The van der Waals surface area contributed by atoms with E-state index in [1.807, 2.05) is 30.6 Å². The molecule has 2 atom stereocenters. The summed E-state index contributed by atoms with van der Waals surface area (Å²) in [6.45, 7) is 7.37. The molecule has 1 aromatic carbocycles. The highest BCUT2D eigenvalue weighted by molar-refractivity contribution is 5.72. The minimum atomic E-state index is -0.443. The summed E-state index contributed by atoms with van der Waals surface area (Å²) in [4.78, 5) is 17.7. The second-order valence-electron chi connectivity index (χ2n) is 8.49. The van der Waals surface area contributed by atoms with Crippen LogP contribution in [0.2, 0.25) is 0 Å². The first-order valence-corrected chi connectivity index (χ1v) is 10.8. The number of rotatable bonds is 6. The molecule has 0 spiro atoms. The standard InChI is InChI=1S/C24H30N4O3/c1-16(2)15-30-23-14-20(10-12-28(23)24(25)29)31-19-6-4-18(5-7-19)21-8-9-22-26-11-13-27(22)17(21)3/h4-9,11,13,16,20,23H,10,12,14-15H2,1-3H3,(H2,25,29). The number of hydrogen-bond donors (Lipinski definition) is 1. The Kier molecular flexibility index (Phi) is 6.13. The molecule has 7 nitrogen and oxygen atoms in total. The van der Waals surface area contributed by atoms with Gasteiger partial charge in [0.1, 0.15) is 23.7 Å². The number of aromatic nitrogens is 2. The van der Waals surface area contributed by atoms with Crippen molar-refractivity contribution in [1.29, 1.82) is 0 Å². The first kappa shape index (κ1) is 21.2. The highest BCUT2D eigenvalue weighted by Crippen LogP contribution is 2.28. The van der Waals surface area contributed by atoms with E-state index in [0.29, 0.717) is 25.5 Å². The van der Waals surface area contributed by atoms with Crippen LogP contribution in [-0.2, 0) is 4.74 Å². The van der Waals surface area contributed by atoms with Gasteiger partial charge in [-0.15, -0.1) is 0 Å². The van der Waals surface area contributed by atoms with Crippen LogP contribution >= 0.6 is 0 Å². The van der Waals surface area contributed by atoms with Gasteiger partial charge in [0.05, 0.1) is 6.61 Å². The van der Waals surface area contributed by atoms with Gasteiger partial charge in [0.25, 0.3) is 0 Å². The molecule has 0 aliphatic carbocycles. The number of ether oxygens (including phenoxy) is 2.